The van der Waals surface area contributed by atoms with Crippen LogP contribution < -0.4 is 0 Å². The van der Waals surface area contributed by atoms with Crippen molar-refractivity contribution in [3.8, 4) is 0 Å². The zero-order valence-corrected chi connectivity index (χ0v) is 8.51. The Bertz CT molecular complexity index is 159. The lowest BCUT2D eigenvalue weighted by atomic mass is 9.83. The predicted octanol–water partition coefficient (Wildman–Crippen LogP) is 2.61. The summed E-state index contributed by atoms with van der Waals surface area (Å²) < 4.78 is 12.7. The molecule has 1 saturated heterocycles. The van der Waals surface area contributed by atoms with Gasteiger partial charge in [0.1, 0.15) is 6.17 Å². The lowest BCUT2D eigenvalue weighted by molar-refractivity contribution is 0.00523. The van der Waals surface area contributed by atoms with Crippen LogP contribution in [0.1, 0.15) is 39.0 Å². The maximum atomic E-state index is 12.7. The van der Waals surface area contributed by atoms with E-state index < -0.39 is 6.17 Å². The standard InChI is InChI=1S/C11H20FN/c1-9(13-7-11(12)8-13)10-5-3-2-4-6-10/h9-11H,2-8H2,1H3. The number of nitrogens with zero attached hydrogens (tertiary/aromatic N) is 1. The first-order valence-electron chi connectivity index (χ1n) is 5.65. The lowest BCUT2D eigenvalue weighted by Crippen LogP contribution is -2.54. The van der Waals surface area contributed by atoms with E-state index >= 15 is 0 Å². The van der Waals surface area contributed by atoms with E-state index in [9.17, 15) is 4.39 Å². The second-order valence-corrected chi connectivity index (χ2v) is 4.69. The Labute approximate surface area is 80.3 Å². The first-order valence-corrected chi connectivity index (χ1v) is 5.65. The molecule has 0 radical (unpaired) electrons. The van der Waals surface area contributed by atoms with Gasteiger partial charge in [-0.1, -0.05) is 19.3 Å². The minimum absolute atomic E-state index is 0.536. The van der Waals surface area contributed by atoms with E-state index in [2.05, 4.69) is 11.8 Å². The minimum Gasteiger partial charge on any atom is -0.295 e. The van der Waals surface area contributed by atoms with Gasteiger partial charge in [-0.2, -0.15) is 0 Å². The van der Waals surface area contributed by atoms with Crippen LogP contribution in [0.4, 0.5) is 4.39 Å². The summed E-state index contributed by atoms with van der Waals surface area (Å²) in [6.45, 7) is 3.66. The van der Waals surface area contributed by atoms with Crippen LogP contribution in [0.3, 0.4) is 0 Å². The van der Waals surface area contributed by atoms with Crippen LogP contribution in [0.5, 0.6) is 0 Å². The first-order chi connectivity index (χ1) is 6.27. The van der Waals surface area contributed by atoms with Crippen molar-refractivity contribution in [1.29, 1.82) is 0 Å². The first kappa shape index (κ1) is 9.45. The Morgan fingerprint density at radius 2 is 1.77 bits per heavy atom. The number of rotatable bonds is 2. The largest absolute Gasteiger partial charge is 0.295 e. The zero-order chi connectivity index (χ0) is 9.26. The molecule has 13 heavy (non-hydrogen) atoms. The number of hydrogen-bond donors (Lipinski definition) is 0. The maximum absolute atomic E-state index is 12.7. The second kappa shape index (κ2) is 3.95. The molecule has 0 aromatic carbocycles. The van der Waals surface area contributed by atoms with Gasteiger partial charge in [-0.15, -0.1) is 0 Å². The van der Waals surface area contributed by atoms with Crippen LogP contribution in [-0.4, -0.2) is 30.2 Å². The summed E-state index contributed by atoms with van der Waals surface area (Å²) in [6.07, 6.45) is 6.40. The molecule has 0 spiro atoms. The summed E-state index contributed by atoms with van der Waals surface area (Å²) in [5, 5.41) is 0. The van der Waals surface area contributed by atoms with E-state index in [0.717, 1.165) is 5.92 Å². The van der Waals surface area contributed by atoms with E-state index in [4.69, 9.17) is 0 Å². The van der Waals surface area contributed by atoms with Crippen molar-refractivity contribution >= 4 is 0 Å². The zero-order valence-electron chi connectivity index (χ0n) is 8.51. The van der Waals surface area contributed by atoms with E-state index in [-0.39, 0.29) is 0 Å². The molecular formula is C11H20FN. The molecule has 0 aromatic rings. The summed E-state index contributed by atoms with van der Waals surface area (Å²) in [4.78, 5) is 2.31. The van der Waals surface area contributed by atoms with Gasteiger partial charge in [0.15, 0.2) is 0 Å². The molecule has 1 saturated carbocycles. The number of halogens is 1. The summed E-state index contributed by atoms with van der Waals surface area (Å²) in [6, 6.07) is 0.632. The van der Waals surface area contributed by atoms with Crippen molar-refractivity contribution in [3.63, 3.8) is 0 Å². The van der Waals surface area contributed by atoms with Crippen molar-refractivity contribution < 1.29 is 4.39 Å². The van der Waals surface area contributed by atoms with Crippen LogP contribution in [0.15, 0.2) is 0 Å². The second-order valence-electron chi connectivity index (χ2n) is 4.69. The van der Waals surface area contributed by atoms with Crippen molar-refractivity contribution in [2.24, 2.45) is 5.92 Å². The Morgan fingerprint density at radius 1 is 1.15 bits per heavy atom. The molecule has 1 nitrogen and oxygen atoms in total. The molecule has 1 heterocycles. The highest BCUT2D eigenvalue weighted by atomic mass is 19.1. The minimum atomic E-state index is -0.536. The highest BCUT2D eigenvalue weighted by Gasteiger charge is 2.33. The quantitative estimate of drug-likeness (QED) is 0.639. The molecule has 1 aliphatic carbocycles. The molecule has 0 aromatic heterocycles. The fraction of sp³-hybridized carbons (Fsp3) is 1.00. The van der Waals surface area contributed by atoms with E-state index in [0.29, 0.717) is 19.1 Å². The highest BCUT2D eigenvalue weighted by molar-refractivity contribution is 4.87. The molecule has 2 heteroatoms. The molecule has 0 N–H and O–H groups in total. The van der Waals surface area contributed by atoms with Crippen LogP contribution in [0, 0.1) is 5.92 Å². The lowest BCUT2D eigenvalue weighted by Gasteiger charge is -2.43. The normalized spacial score (nSPS) is 30.0. The van der Waals surface area contributed by atoms with Crippen LogP contribution in [0.25, 0.3) is 0 Å². The third kappa shape index (κ3) is 2.04. The summed E-state index contributed by atoms with van der Waals surface area (Å²) in [7, 11) is 0. The van der Waals surface area contributed by atoms with Crippen LogP contribution in [-0.2, 0) is 0 Å². The molecule has 2 fully saturated rings. The van der Waals surface area contributed by atoms with Gasteiger partial charge < -0.3 is 0 Å². The van der Waals surface area contributed by atoms with Crippen LogP contribution in [0.2, 0.25) is 0 Å². The topological polar surface area (TPSA) is 3.24 Å². The third-order valence-electron chi connectivity index (χ3n) is 3.77. The van der Waals surface area contributed by atoms with Gasteiger partial charge in [-0.3, -0.25) is 4.90 Å². The van der Waals surface area contributed by atoms with Crippen molar-refractivity contribution in [3.05, 3.63) is 0 Å². The Morgan fingerprint density at radius 3 is 2.31 bits per heavy atom. The van der Waals surface area contributed by atoms with Gasteiger partial charge >= 0.3 is 0 Å². The van der Waals surface area contributed by atoms with Gasteiger partial charge in [0.25, 0.3) is 0 Å². The van der Waals surface area contributed by atoms with Gasteiger partial charge in [0.05, 0.1) is 0 Å². The van der Waals surface area contributed by atoms with Gasteiger partial charge in [-0.05, 0) is 25.7 Å². The number of alkyl halides is 1. The fourth-order valence-corrected chi connectivity index (χ4v) is 2.70. The molecule has 0 amide bonds. The Kier molecular flexibility index (Phi) is 2.87. The Balaban J connectivity index is 1.78. The smallest absolute Gasteiger partial charge is 0.125 e. The summed E-state index contributed by atoms with van der Waals surface area (Å²) in [5.74, 6) is 0.848. The molecule has 2 aliphatic rings. The number of likely N-dealkylation sites (tertiary alicyclic amines) is 1. The van der Waals surface area contributed by atoms with Gasteiger partial charge in [0.2, 0.25) is 0 Å². The van der Waals surface area contributed by atoms with Crippen molar-refractivity contribution in [1.82, 2.24) is 4.90 Å². The predicted molar refractivity (Wildman–Crippen MR) is 52.5 cm³/mol. The molecule has 0 bridgehead atoms. The summed E-state index contributed by atoms with van der Waals surface area (Å²) >= 11 is 0. The Hall–Kier alpha value is -0.110. The average Bonchev–Trinajstić information content (AvgIpc) is 2.13. The molecule has 2 rings (SSSR count). The SMILES string of the molecule is CC(C1CCCCC1)N1CC(F)C1. The summed E-state index contributed by atoms with van der Waals surface area (Å²) in [5.41, 5.74) is 0. The van der Waals surface area contributed by atoms with Crippen molar-refractivity contribution in [2.75, 3.05) is 13.1 Å². The van der Waals surface area contributed by atoms with Crippen LogP contribution >= 0.6 is 0 Å². The van der Waals surface area contributed by atoms with Gasteiger partial charge in [-0.25, -0.2) is 4.39 Å². The fourth-order valence-electron chi connectivity index (χ4n) is 2.70. The number of hydrogen-bond acceptors (Lipinski definition) is 1. The van der Waals surface area contributed by atoms with E-state index in [1.165, 1.54) is 32.1 Å². The van der Waals surface area contributed by atoms with Gasteiger partial charge in [0, 0.05) is 19.1 Å². The average molecular weight is 185 g/mol. The van der Waals surface area contributed by atoms with E-state index in [1.807, 2.05) is 0 Å². The molecular weight excluding hydrogens is 165 g/mol. The molecule has 1 atom stereocenters. The third-order valence-corrected chi connectivity index (χ3v) is 3.77. The maximum Gasteiger partial charge on any atom is 0.125 e. The highest BCUT2D eigenvalue weighted by Crippen LogP contribution is 2.31. The van der Waals surface area contributed by atoms with Crippen molar-refractivity contribution in [2.45, 2.75) is 51.2 Å². The molecule has 1 unspecified atom stereocenters. The monoisotopic (exact) mass is 185 g/mol. The molecule has 76 valence electrons. The molecule has 1 aliphatic heterocycles. The van der Waals surface area contributed by atoms with E-state index in [1.54, 1.807) is 0 Å².